The first kappa shape index (κ1) is 26.5. The summed E-state index contributed by atoms with van der Waals surface area (Å²) in [5.74, 6) is 1.17. The lowest BCUT2D eigenvalue weighted by Crippen LogP contribution is -2.19. The Bertz CT molecular complexity index is 1230. The molecule has 0 radical (unpaired) electrons. The van der Waals surface area contributed by atoms with E-state index in [0.717, 1.165) is 0 Å². The second-order valence-corrected chi connectivity index (χ2v) is 10.7. The van der Waals surface area contributed by atoms with Crippen molar-refractivity contribution in [1.29, 1.82) is 0 Å². The van der Waals surface area contributed by atoms with Crippen LogP contribution in [-0.4, -0.2) is 12.7 Å². The second kappa shape index (κ2) is 12.6. The Kier molecular flexibility index (Phi) is 9.04. The van der Waals surface area contributed by atoms with Gasteiger partial charge in [-0.2, -0.15) is 0 Å². The molecule has 4 aromatic rings. The van der Waals surface area contributed by atoms with E-state index in [4.69, 9.17) is 27.1 Å². The zero-order valence-corrected chi connectivity index (χ0v) is 21.8. The van der Waals surface area contributed by atoms with Crippen molar-refractivity contribution in [3.05, 3.63) is 121 Å². The van der Waals surface area contributed by atoms with E-state index in [1.165, 1.54) is 0 Å². The van der Waals surface area contributed by atoms with Gasteiger partial charge in [-0.15, -0.1) is 0 Å². The molecule has 0 aliphatic rings. The monoisotopic (exact) mass is 540 g/mol. The Morgan fingerprint density at radius 1 is 0.514 bits per heavy atom. The number of benzene rings is 4. The smallest absolute Gasteiger partial charge is 0.395 e. The third-order valence-electron chi connectivity index (χ3n) is 4.62. The van der Waals surface area contributed by atoms with Gasteiger partial charge in [0.2, 0.25) is 0 Å². The third-order valence-corrected chi connectivity index (χ3v) is 7.44. The van der Waals surface area contributed by atoms with Crippen LogP contribution in [0.3, 0.4) is 0 Å². The highest BCUT2D eigenvalue weighted by Gasteiger charge is 2.36. The van der Waals surface area contributed by atoms with E-state index in [1.54, 1.807) is 128 Å². The average molecular weight is 540 g/mol. The molecule has 192 valence electrons. The molecule has 4 aromatic carbocycles. The molecular weight excluding hydrogens is 514 g/mol. The molecule has 0 N–H and O–H groups in total. The van der Waals surface area contributed by atoms with E-state index in [2.05, 4.69) is 0 Å². The summed E-state index contributed by atoms with van der Waals surface area (Å²) in [5.41, 5.74) is 0. The largest absolute Gasteiger partial charge is 0.587 e. The number of hydrogen-bond donors (Lipinski definition) is 0. The zero-order valence-electron chi connectivity index (χ0n) is 20.0. The van der Waals surface area contributed by atoms with Crippen molar-refractivity contribution in [2.75, 3.05) is 6.61 Å². The van der Waals surface area contributed by atoms with Crippen LogP contribution in [0, 0.1) is 0 Å². The van der Waals surface area contributed by atoms with Gasteiger partial charge < -0.3 is 18.1 Å². The predicted octanol–water partition coefficient (Wildman–Crippen LogP) is 7.94. The van der Waals surface area contributed by atoms with Gasteiger partial charge in [-0.25, -0.2) is 9.13 Å². The van der Waals surface area contributed by atoms with Crippen molar-refractivity contribution in [3.63, 3.8) is 0 Å². The lowest BCUT2D eigenvalue weighted by Gasteiger charge is -2.24. The summed E-state index contributed by atoms with van der Waals surface area (Å²) in [7, 11) is -8.35. The molecular formula is C27H26O8P2. The van der Waals surface area contributed by atoms with Gasteiger partial charge in [0.05, 0.1) is 12.7 Å². The van der Waals surface area contributed by atoms with Crippen molar-refractivity contribution in [3.8, 4) is 23.0 Å². The highest BCUT2D eigenvalue weighted by molar-refractivity contribution is 7.49. The van der Waals surface area contributed by atoms with E-state index >= 15 is 0 Å². The van der Waals surface area contributed by atoms with Crippen molar-refractivity contribution in [1.82, 2.24) is 0 Å². The predicted molar refractivity (Wildman–Crippen MR) is 140 cm³/mol. The molecule has 37 heavy (non-hydrogen) atoms. The van der Waals surface area contributed by atoms with Crippen LogP contribution in [0.1, 0.15) is 6.92 Å². The molecule has 0 spiro atoms. The van der Waals surface area contributed by atoms with Gasteiger partial charge in [-0.3, -0.25) is 9.05 Å². The van der Waals surface area contributed by atoms with E-state index in [9.17, 15) is 9.13 Å². The van der Waals surface area contributed by atoms with Gasteiger partial charge >= 0.3 is 15.6 Å². The quantitative estimate of drug-likeness (QED) is 0.158. The highest BCUT2D eigenvalue weighted by atomic mass is 31.2. The molecule has 0 saturated carbocycles. The molecule has 0 amide bonds. The highest BCUT2D eigenvalue weighted by Crippen LogP contribution is 2.53. The molecule has 0 aliphatic carbocycles. The maximum absolute atomic E-state index is 13.6. The zero-order chi connectivity index (χ0) is 26.0. The maximum atomic E-state index is 13.6. The van der Waals surface area contributed by atoms with Crippen molar-refractivity contribution >= 4 is 15.6 Å². The number of rotatable bonds is 13. The Morgan fingerprint density at radius 2 is 0.811 bits per heavy atom. The summed E-state index contributed by atoms with van der Waals surface area (Å²) in [6.07, 6.45) is -0.898. The summed E-state index contributed by atoms with van der Waals surface area (Å²) in [6, 6.07) is 34.0. The minimum absolute atomic E-state index is 0.292. The number of hydrogen-bond acceptors (Lipinski definition) is 8. The van der Waals surface area contributed by atoms with Gasteiger partial charge in [-0.1, -0.05) is 72.8 Å². The number of phosphoric ester groups is 2. The fraction of sp³-hybridized carbons (Fsp3) is 0.111. The Hall–Kier alpha value is -3.54. The van der Waals surface area contributed by atoms with Crippen LogP contribution < -0.4 is 18.1 Å². The van der Waals surface area contributed by atoms with Crippen molar-refractivity contribution in [2.45, 2.75) is 13.0 Å². The Balaban J connectivity index is 1.48. The number of phosphoric acid groups is 2. The minimum Gasteiger partial charge on any atom is -0.395 e. The molecule has 0 heterocycles. The molecule has 10 heteroatoms. The van der Waals surface area contributed by atoms with Crippen LogP contribution in [0.4, 0.5) is 0 Å². The second-order valence-electron chi connectivity index (χ2n) is 7.72. The Morgan fingerprint density at radius 3 is 1.14 bits per heavy atom. The van der Waals surface area contributed by atoms with Crippen LogP contribution in [0.5, 0.6) is 23.0 Å². The minimum atomic E-state index is -4.19. The van der Waals surface area contributed by atoms with Gasteiger partial charge in [0.1, 0.15) is 23.0 Å². The molecule has 0 aromatic heterocycles. The molecule has 1 unspecified atom stereocenters. The van der Waals surface area contributed by atoms with Crippen LogP contribution in [0.25, 0.3) is 0 Å². The van der Waals surface area contributed by atoms with Gasteiger partial charge in [0, 0.05) is 0 Å². The molecule has 0 fully saturated rings. The van der Waals surface area contributed by atoms with Gasteiger partial charge in [-0.05, 0) is 55.5 Å². The van der Waals surface area contributed by atoms with Crippen molar-refractivity contribution < 1.29 is 36.3 Å². The molecule has 0 saturated heterocycles. The first-order valence-corrected chi connectivity index (χ1v) is 14.4. The summed E-state index contributed by atoms with van der Waals surface area (Å²) in [6.45, 7) is 1.27. The van der Waals surface area contributed by atoms with Crippen molar-refractivity contribution in [2.24, 2.45) is 0 Å². The van der Waals surface area contributed by atoms with Gasteiger partial charge in [0.25, 0.3) is 0 Å². The average Bonchev–Trinajstić information content (AvgIpc) is 2.90. The molecule has 1 atom stereocenters. The Labute approximate surface area is 215 Å². The van der Waals surface area contributed by atoms with E-state index in [1.807, 2.05) is 0 Å². The molecule has 8 nitrogen and oxygen atoms in total. The third kappa shape index (κ3) is 8.52. The number of para-hydroxylation sites is 4. The fourth-order valence-corrected chi connectivity index (χ4v) is 5.70. The standard InChI is InChI=1S/C27H26O8P2/c1-23(31-37(29,34-26-18-10-4-11-19-26)35-27-20-12-5-13-21-27)22-30-36(28,32-24-14-6-2-7-15-24)33-25-16-8-3-9-17-25/h2-21,23H,22H2,1H3. The first-order chi connectivity index (χ1) is 17.9. The van der Waals surface area contributed by atoms with E-state index in [-0.39, 0.29) is 6.61 Å². The maximum Gasteiger partial charge on any atom is 0.587 e. The summed E-state index contributed by atoms with van der Waals surface area (Å²) >= 11 is 0. The lowest BCUT2D eigenvalue weighted by atomic mass is 10.3. The molecule has 0 bridgehead atoms. The van der Waals surface area contributed by atoms with Crippen LogP contribution in [-0.2, 0) is 18.2 Å². The molecule has 4 rings (SSSR count). The summed E-state index contributed by atoms with van der Waals surface area (Å²) in [5, 5.41) is 0. The van der Waals surface area contributed by atoms with Crippen LogP contribution >= 0.6 is 15.6 Å². The van der Waals surface area contributed by atoms with Gasteiger partial charge in [0.15, 0.2) is 0 Å². The van der Waals surface area contributed by atoms with E-state index in [0.29, 0.717) is 23.0 Å². The van der Waals surface area contributed by atoms with Crippen LogP contribution in [0.15, 0.2) is 121 Å². The fourth-order valence-electron chi connectivity index (χ4n) is 3.02. The summed E-state index contributed by atoms with van der Waals surface area (Å²) < 4.78 is 60.9. The molecule has 0 aliphatic heterocycles. The van der Waals surface area contributed by atoms with Crippen LogP contribution in [0.2, 0.25) is 0 Å². The topological polar surface area (TPSA) is 89.5 Å². The summed E-state index contributed by atoms with van der Waals surface area (Å²) in [4.78, 5) is 0. The lowest BCUT2D eigenvalue weighted by molar-refractivity contribution is 0.0921. The SMILES string of the molecule is CC(COP(=O)(Oc1ccccc1)Oc1ccccc1)OP(=O)(Oc1ccccc1)Oc1ccccc1. The van der Waals surface area contributed by atoms with E-state index < -0.39 is 21.7 Å². The first-order valence-electron chi connectivity index (χ1n) is 11.4. The normalized spacial score (nSPS) is 12.4.